The molecule has 1 aliphatic heterocycles. The number of amides is 3. The van der Waals surface area contributed by atoms with E-state index >= 15 is 0 Å². The highest BCUT2D eigenvalue weighted by Gasteiger charge is 2.31. The number of carbonyl (C=O) groups excluding carboxylic acids is 2. The van der Waals surface area contributed by atoms with Crippen LogP contribution in [0.15, 0.2) is 71.6 Å². The third kappa shape index (κ3) is 10.7. The molecule has 0 radical (unpaired) electrons. The van der Waals surface area contributed by atoms with E-state index in [1.165, 1.54) is 25.3 Å². The number of anilines is 2. The van der Waals surface area contributed by atoms with E-state index < -0.39 is 28.1 Å². The number of fused-ring (bicyclic) bond motifs is 1. The molecule has 0 aliphatic carbocycles. The summed E-state index contributed by atoms with van der Waals surface area (Å²) < 4.78 is 52.1. The van der Waals surface area contributed by atoms with Crippen molar-refractivity contribution in [3.8, 4) is 17.2 Å². The Kier molecular flexibility index (Phi) is 13.9. The van der Waals surface area contributed by atoms with E-state index in [-0.39, 0.29) is 53.9 Å². The van der Waals surface area contributed by atoms with E-state index in [0.29, 0.717) is 36.0 Å². The maximum atomic E-state index is 14.4. The van der Waals surface area contributed by atoms with Crippen LogP contribution in [-0.2, 0) is 14.8 Å². The summed E-state index contributed by atoms with van der Waals surface area (Å²) in [5, 5.41) is 13.1. The summed E-state index contributed by atoms with van der Waals surface area (Å²) in [6.45, 7) is 6.14. The number of urea groups is 1. The number of hydrogen-bond acceptors (Lipinski definition) is 9. The molecular formula is C37H50N4O9S. The number of methoxy groups -OCH3 is 2. The zero-order chi connectivity index (χ0) is 37.1. The third-order valence-corrected chi connectivity index (χ3v) is 10.2. The number of ether oxygens (including phenoxy) is 4. The van der Waals surface area contributed by atoms with E-state index in [0.717, 1.165) is 12.8 Å². The Bertz CT molecular complexity index is 1700. The van der Waals surface area contributed by atoms with E-state index in [4.69, 9.17) is 18.9 Å². The second-order valence-electron chi connectivity index (χ2n) is 12.8. The Morgan fingerprint density at radius 2 is 1.63 bits per heavy atom. The number of benzene rings is 3. The molecule has 3 N–H and O–H groups in total. The molecule has 0 fully saturated rings. The maximum Gasteiger partial charge on any atom is 0.321 e. The second kappa shape index (κ2) is 18.1. The number of nitrogens with one attached hydrogen (secondary N) is 2. The van der Waals surface area contributed by atoms with Gasteiger partial charge in [0.25, 0.3) is 15.9 Å². The van der Waals surface area contributed by atoms with E-state index in [1.54, 1.807) is 79.4 Å². The number of likely N-dealkylation sites (N-methyl/N-ethyl adjacent to an activating group) is 1. The largest absolute Gasteiger partial charge is 0.497 e. The van der Waals surface area contributed by atoms with Crippen LogP contribution in [0.1, 0.15) is 50.4 Å². The molecule has 0 saturated carbocycles. The Balaban J connectivity index is 1.61. The first-order valence-corrected chi connectivity index (χ1v) is 18.5. The Hall–Kier alpha value is -4.53. The van der Waals surface area contributed by atoms with Crippen LogP contribution in [0.2, 0.25) is 0 Å². The van der Waals surface area contributed by atoms with Gasteiger partial charge in [0.15, 0.2) is 0 Å². The molecule has 0 spiro atoms. The van der Waals surface area contributed by atoms with Crippen molar-refractivity contribution in [3.05, 3.63) is 72.3 Å². The second-order valence-corrected chi connectivity index (χ2v) is 14.5. The molecule has 13 nitrogen and oxygen atoms in total. The number of nitrogens with zero attached hydrogens (tertiary/aromatic N) is 2. The molecule has 0 unspecified atom stereocenters. The van der Waals surface area contributed by atoms with Crippen LogP contribution in [-0.4, -0.2) is 101 Å². The van der Waals surface area contributed by atoms with Crippen LogP contribution in [0, 0.1) is 5.92 Å². The van der Waals surface area contributed by atoms with Gasteiger partial charge >= 0.3 is 6.03 Å². The zero-order valence-corrected chi connectivity index (χ0v) is 30.9. The smallest absolute Gasteiger partial charge is 0.321 e. The predicted molar refractivity (Wildman–Crippen MR) is 195 cm³/mol. The summed E-state index contributed by atoms with van der Waals surface area (Å²) in [6.07, 6.45) is 1.54. The van der Waals surface area contributed by atoms with E-state index in [1.807, 2.05) is 13.8 Å². The first-order chi connectivity index (χ1) is 24.3. The molecule has 0 saturated heterocycles. The molecule has 3 aromatic rings. The standard InChI is InChI=1S/C37H50N4O9S/c1-25-22-41(26(2)24-42)36(43)33-21-29(39-51(45,46)32-17-15-31(48-6)16-18-32)12-19-34(33)50-27(3)9-7-8-20-49-35(25)23-40(4)37(44)38-28-10-13-30(47-5)14-11-28/h10-19,21,25-27,35,39,42H,7-9,20,22-24H2,1-6H3,(H,38,44)/t25-,26+,27-,35+/m0/s1. The summed E-state index contributed by atoms with van der Waals surface area (Å²) in [6, 6.07) is 16.7. The molecule has 0 aromatic heterocycles. The fourth-order valence-electron chi connectivity index (χ4n) is 5.66. The number of rotatable bonds is 10. The molecule has 1 heterocycles. The minimum atomic E-state index is -4.01. The fourth-order valence-corrected chi connectivity index (χ4v) is 6.71. The van der Waals surface area contributed by atoms with Crippen molar-refractivity contribution in [2.45, 2.75) is 63.2 Å². The first kappa shape index (κ1) is 39.3. The SMILES string of the molecule is COc1ccc(NC(=O)N(C)C[C@H]2OCCCC[C@H](C)Oc3ccc(NS(=O)(=O)c4ccc(OC)cc4)cc3C(=O)N([C@H](C)CO)C[C@@H]2C)cc1. The van der Waals surface area contributed by atoms with Crippen LogP contribution in [0.4, 0.5) is 16.2 Å². The highest BCUT2D eigenvalue weighted by molar-refractivity contribution is 7.92. The molecule has 4 rings (SSSR count). The number of hydrogen-bond donors (Lipinski definition) is 3. The first-order valence-electron chi connectivity index (χ1n) is 17.0. The molecule has 0 bridgehead atoms. The number of aliphatic hydroxyl groups is 1. The molecule has 51 heavy (non-hydrogen) atoms. The quantitative estimate of drug-likeness (QED) is 0.247. The van der Waals surface area contributed by atoms with Gasteiger partial charge in [-0.25, -0.2) is 13.2 Å². The number of carbonyl (C=O) groups is 2. The molecule has 14 heteroatoms. The van der Waals surface area contributed by atoms with Crippen molar-refractivity contribution in [1.82, 2.24) is 9.80 Å². The summed E-state index contributed by atoms with van der Waals surface area (Å²) in [7, 11) is 0.746. The minimum absolute atomic E-state index is 0.0256. The van der Waals surface area contributed by atoms with Crippen molar-refractivity contribution < 1.29 is 42.1 Å². The summed E-state index contributed by atoms with van der Waals surface area (Å²) >= 11 is 0. The summed E-state index contributed by atoms with van der Waals surface area (Å²) in [5.74, 6) is 0.775. The molecule has 278 valence electrons. The predicted octanol–water partition coefficient (Wildman–Crippen LogP) is 5.46. The lowest BCUT2D eigenvalue weighted by atomic mass is 10.0. The van der Waals surface area contributed by atoms with Gasteiger partial charge in [-0.05, 0) is 99.8 Å². The topological polar surface area (TPSA) is 156 Å². The van der Waals surface area contributed by atoms with Gasteiger partial charge in [0.1, 0.15) is 17.2 Å². The Morgan fingerprint density at radius 1 is 1.00 bits per heavy atom. The lowest BCUT2D eigenvalue weighted by Crippen LogP contribution is -2.48. The van der Waals surface area contributed by atoms with Gasteiger partial charge in [-0.2, -0.15) is 0 Å². The van der Waals surface area contributed by atoms with Gasteiger partial charge in [0, 0.05) is 44.0 Å². The highest BCUT2D eigenvalue weighted by atomic mass is 32.2. The Labute approximate surface area is 300 Å². The van der Waals surface area contributed by atoms with Crippen LogP contribution >= 0.6 is 0 Å². The Morgan fingerprint density at radius 3 is 2.25 bits per heavy atom. The van der Waals surface area contributed by atoms with Crippen molar-refractivity contribution in [3.63, 3.8) is 0 Å². The van der Waals surface area contributed by atoms with E-state index in [9.17, 15) is 23.1 Å². The summed E-state index contributed by atoms with van der Waals surface area (Å²) in [4.78, 5) is 30.7. The van der Waals surface area contributed by atoms with Gasteiger partial charge in [0.2, 0.25) is 0 Å². The average Bonchev–Trinajstić information content (AvgIpc) is 3.12. The lowest BCUT2D eigenvalue weighted by molar-refractivity contribution is -0.0115. The van der Waals surface area contributed by atoms with Crippen molar-refractivity contribution >= 4 is 33.3 Å². The normalized spacial score (nSPS) is 19.5. The van der Waals surface area contributed by atoms with Gasteiger partial charge in [0.05, 0.1) is 49.5 Å². The van der Waals surface area contributed by atoms with Gasteiger partial charge in [-0.1, -0.05) is 6.92 Å². The van der Waals surface area contributed by atoms with Crippen molar-refractivity contribution in [2.75, 3.05) is 57.6 Å². The molecule has 3 aromatic carbocycles. The van der Waals surface area contributed by atoms with Gasteiger partial charge < -0.3 is 39.2 Å². The van der Waals surface area contributed by atoms with Crippen LogP contribution < -0.4 is 24.2 Å². The molecule has 1 aliphatic rings. The van der Waals surface area contributed by atoms with Crippen molar-refractivity contribution in [1.29, 1.82) is 0 Å². The van der Waals surface area contributed by atoms with Crippen LogP contribution in [0.25, 0.3) is 0 Å². The third-order valence-electron chi connectivity index (χ3n) is 8.82. The molecule has 4 atom stereocenters. The highest BCUT2D eigenvalue weighted by Crippen LogP contribution is 2.30. The molecule has 3 amide bonds. The number of aliphatic hydroxyl groups excluding tert-OH is 1. The lowest BCUT2D eigenvalue weighted by Gasteiger charge is -2.35. The van der Waals surface area contributed by atoms with E-state index in [2.05, 4.69) is 10.0 Å². The van der Waals surface area contributed by atoms with Crippen LogP contribution in [0.3, 0.4) is 0 Å². The van der Waals surface area contributed by atoms with Crippen LogP contribution in [0.5, 0.6) is 17.2 Å². The monoisotopic (exact) mass is 726 g/mol. The summed E-state index contributed by atoms with van der Waals surface area (Å²) in [5.41, 5.74) is 0.933. The fraction of sp³-hybridized carbons (Fsp3) is 0.459. The minimum Gasteiger partial charge on any atom is -0.497 e. The number of sulfonamides is 1. The van der Waals surface area contributed by atoms with Gasteiger partial charge in [-0.15, -0.1) is 0 Å². The maximum absolute atomic E-state index is 14.4. The zero-order valence-electron chi connectivity index (χ0n) is 30.1. The average molecular weight is 727 g/mol. The molecular weight excluding hydrogens is 676 g/mol. The van der Waals surface area contributed by atoms with Gasteiger partial charge in [-0.3, -0.25) is 9.52 Å². The van der Waals surface area contributed by atoms with Crippen molar-refractivity contribution in [2.24, 2.45) is 5.92 Å².